The van der Waals surface area contributed by atoms with Crippen molar-refractivity contribution in [1.29, 1.82) is 0 Å². The quantitative estimate of drug-likeness (QED) is 0.704. The van der Waals surface area contributed by atoms with E-state index in [9.17, 15) is 0 Å². The first-order valence-electron chi connectivity index (χ1n) is 4.50. The molecule has 0 amide bonds. The molecule has 0 spiro atoms. The van der Waals surface area contributed by atoms with Crippen LogP contribution >= 0.6 is 11.6 Å². The van der Waals surface area contributed by atoms with E-state index >= 15 is 0 Å². The Bertz CT molecular complexity index is 251. The number of rotatable bonds is 2. The number of halogens is 1. The second-order valence-corrected chi connectivity index (χ2v) is 3.68. The van der Waals surface area contributed by atoms with E-state index in [-0.39, 0.29) is 0 Å². The summed E-state index contributed by atoms with van der Waals surface area (Å²) in [5.74, 6) is 2.35. The molecule has 1 fully saturated rings. The minimum atomic E-state index is 0.541. The van der Waals surface area contributed by atoms with E-state index in [4.69, 9.17) is 11.6 Å². The monoisotopic (exact) mass is 184 g/mol. The molecule has 0 saturated heterocycles. The fourth-order valence-corrected chi connectivity index (χ4v) is 1.99. The number of hydrogen-bond donors (Lipinski definition) is 1. The molecule has 1 aromatic rings. The zero-order valence-electron chi connectivity index (χ0n) is 7.02. The third-order valence-corrected chi connectivity index (χ3v) is 2.82. The van der Waals surface area contributed by atoms with Gasteiger partial charge >= 0.3 is 0 Å². The lowest BCUT2D eigenvalue weighted by atomic mass is 10.1. The molecule has 2 nitrogen and oxygen atoms in total. The van der Waals surface area contributed by atoms with Crippen LogP contribution in [0, 0.1) is 0 Å². The molecular weight excluding hydrogens is 172 g/mol. The van der Waals surface area contributed by atoms with Gasteiger partial charge in [0, 0.05) is 17.8 Å². The lowest BCUT2D eigenvalue weighted by Crippen LogP contribution is -1.94. The van der Waals surface area contributed by atoms with Gasteiger partial charge in [-0.1, -0.05) is 12.8 Å². The highest BCUT2D eigenvalue weighted by molar-refractivity contribution is 6.16. The largest absolute Gasteiger partial charge is 0.345 e. The molecule has 0 atom stereocenters. The Morgan fingerprint density at radius 3 is 2.83 bits per heavy atom. The fourth-order valence-electron chi connectivity index (χ4n) is 1.85. The summed E-state index contributed by atoms with van der Waals surface area (Å²) in [4.78, 5) is 7.59. The van der Waals surface area contributed by atoms with Gasteiger partial charge in [0.25, 0.3) is 0 Å². The van der Waals surface area contributed by atoms with Gasteiger partial charge in [0.1, 0.15) is 5.82 Å². The van der Waals surface area contributed by atoms with E-state index in [1.807, 2.05) is 6.20 Å². The first-order chi connectivity index (χ1) is 5.90. The molecule has 12 heavy (non-hydrogen) atoms. The van der Waals surface area contributed by atoms with Crippen LogP contribution in [0.4, 0.5) is 0 Å². The van der Waals surface area contributed by atoms with Gasteiger partial charge in [-0.25, -0.2) is 4.98 Å². The van der Waals surface area contributed by atoms with Gasteiger partial charge in [0.15, 0.2) is 0 Å². The maximum atomic E-state index is 5.68. The molecule has 1 aliphatic carbocycles. The number of imidazole rings is 1. The van der Waals surface area contributed by atoms with E-state index < -0.39 is 0 Å². The number of nitrogens with zero attached hydrogens (tertiary/aromatic N) is 1. The lowest BCUT2D eigenvalue weighted by Gasteiger charge is -2.02. The molecule has 0 bridgehead atoms. The third kappa shape index (κ3) is 1.48. The Morgan fingerprint density at radius 1 is 1.50 bits per heavy atom. The van der Waals surface area contributed by atoms with Crippen molar-refractivity contribution < 1.29 is 0 Å². The summed E-state index contributed by atoms with van der Waals surface area (Å²) in [7, 11) is 0. The van der Waals surface area contributed by atoms with Crippen LogP contribution in [0.3, 0.4) is 0 Å². The molecular formula is C9H13ClN2. The van der Waals surface area contributed by atoms with Crippen molar-refractivity contribution >= 4 is 11.6 Å². The van der Waals surface area contributed by atoms with E-state index in [1.54, 1.807) is 0 Å². The van der Waals surface area contributed by atoms with Crippen molar-refractivity contribution in [2.45, 2.75) is 37.5 Å². The molecule has 0 unspecified atom stereocenters. The van der Waals surface area contributed by atoms with Gasteiger partial charge in [0.05, 0.1) is 5.88 Å². The summed E-state index contributed by atoms with van der Waals surface area (Å²) >= 11 is 5.68. The molecule has 66 valence electrons. The Morgan fingerprint density at radius 2 is 2.25 bits per heavy atom. The summed E-state index contributed by atoms with van der Waals surface area (Å²) in [6.45, 7) is 0. The zero-order valence-corrected chi connectivity index (χ0v) is 7.77. The Hall–Kier alpha value is -0.500. The van der Waals surface area contributed by atoms with E-state index in [0.717, 1.165) is 11.5 Å². The number of nitrogens with one attached hydrogen (secondary N) is 1. The zero-order chi connectivity index (χ0) is 8.39. The average Bonchev–Trinajstić information content (AvgIpc) is 2.75. The van der Waals surface area contributed by atoms with Gasteiger partial charge in [-0.15, -0.1) is 11.6 Å². The van der Waals surface area contributed by atoms with Crippen molar-refractivity contribution in [3.05, 3.63) is 17.7 Å². The van der Waals surface area contributed by atoms with Crippen LogP contribution in [-0.2, 0) is 5.88 Å². The topological polar surface area (TPSA) is 28.7 Å². The van der Waals surface area contributed by atoms with Gasteiger partial charge in [-0.05, 0) is 12.8 Å². The van der Waals surface area contributed by atoms with E-state index in [1.165, 1.54) is 25.7 Å². The van der Waals surface area contributed by atoms with Crippen LogP contribution in [-0.4, -0.2) is 9.97 Å². The molecule has 3 heteroatoms. The molecule has 1 heterocycles. The first kappa shape index (κ1) is 8.11. The molecule has 1 saturated carbocycles. The minimum Gasteiger partial charge on any atom is -0.345 e. The highest BCUT2D eigenvalue weighted by Gasteiger charge is 2.19. The summed E-state index contributed by atoms with van der Waals surface area (Å²) in [5.41, 5.74) is 1.04. The molecule has 0 radical (unpaired) electrons. The number of aromatic amines is 1. The molecule has 0 aromatic carbocycles. The molecule has 1 aromatic heterocycles. The first-order valence-corrected chi connectivity index (χ1v) is 5.03. The third-order valence-electron chi connectivity index (χ3n) is 2.53. The van der Waals surface area contributed by atoms with Crippen LogP contribution in [0.15, 0.2) is 6.20 Å². The Balaban J connectivity index is 2.11. The van der Waals surface area contributed by atoms with Crippen LogP contribution in [0.5, 0.6) is 0 Å². The smallest absolute Gasteiger partial charge is 0.109 e. The van der Waals surface area contributed by atoms with Gasteiger partial charge < -0.3 is 4.98 Å². The molecule has 1 N–H and O–H groups in total. The maximum Gasteiger partial charge on any atom is 0.109 e. The van der Waals surface area contributed by atoms with Crippen LogP contribution in [0.1, 0.15) is 43.1 Å². The fraction of sp³-hybridized carbons (Fsp3) is 0.667. The Kier molecular flexibility index (Phi) is 2.35. The molecule has 2 rings (SSSR count). The number of H-pyrrole nitrogens is 1. The Labute approximate surface area is 77.3 Å². The SMILES string of the molecule is ClCc1cnc(C2CCCC2)[nH]1. The normalized spacial score (nSPS) is 18.8. The highest BCUT2D eigenvalue weighted by atomic mass is 35.5. The van der Waals surface area contributed by atoms with Gasteiger partial charge in [-0.2, -0.15) is 0 Å². The van der Waals surface area contributed by atoms with Crippen molar-refractivity contribution in [2.75, 3.05) is 0 Å². The van der Waals surface area contributed by atoms with Gasteiger partial charge in [0.2, 0.25) is 0 Å². The van der Waals surface area contributed by atoms with Crippen molar-refractivity contribution in [3.8, 4) is 0 Å². The lowest BCUT2D eigenvalue weighted by molar-refractivity contribution is 0.677. The highest BCUT2D eigenvalue weighted by Crippen LogP contribution is 2.32. The van der Waals surface area contributed by atoms with Crippen molar-refractivity contribution in [2.24, 2.45) is 0 Å². The second kappa shape index (κ2) is 3.48. The number of aromatic nitrogens is 2. The summed E-state index contributed by atoms with van der Waals surface area (Å²) in [6, 6.07) is 0. The molecule has 1 aliphatic rings. The van der Waals surface area contributed by atoms with E-state index in [0.29, 0.717) is 11.8 Å². The van der Waals surface area contributed by atoms with E-state index in [2.05, 4.69) is 9.97 Å². The summed E-state index contributed by atoms with van der Waals surface area (Å²) in [5, 5.41) is 0. The molecule has 0 aliphatic heterocycles. The predicted octanol–water partition coefficient (Wildman–Crippen LogP) is 2.81. The minimum absolute atomic E-state index is 0.541. The van der Waals surface area contributed by atoms with Crippen molar-refractivity contribution in [3.63, 3.8) is 0 Å². The standard InChI is InChI=1S/C9H13ClN2/c10-5-8-6-11-9(12-8)7-3-1-2-4-7/h6-7H,1-5H2,(H,11,12). The van der Waals surface area contributed by atoms with Crippen LogP contribution < -0.4 is 0 Å². The summed E-state index contributed by atoms with van der Waals surface area (Å²) < 4.78 is 0. The number of alkyl halides is 1. The van der Waals surface area contributed by atoms with Crippen LogP contribution in [0.2, 0.25) is 0 Å². The number of hydrogen-bond acceptors (Lipinski definition) is 1. The summed E-state index contributed by atoms with van der Waals surface area (Å²) in [6.07, 6.45) is 7.12. The average molecular weight is 185 g/mol. The van der Waals surface area contributed by atoms with Crippen molar-refractivity contribution in [1.82, 2.24) is 9.97 Å². The second-order valence-electron chi connectivity index (χ2n) is 3.41. The van der Waals surface area contributed by atoms with Crippen LogP contribution in [0.25, 0.3) is 0 Å². The maximum absolute atomic E-state index is 5.68. The van der Waals surface area contributed by atoms with Gasteiger partial charge in [-0.3, -0.25) is 0 Å². The predicted molar refractivity (Wildman–Crippen MR) is 49.4 cm³/mol.